The van der Waals surface area contributed by atoms with Crippen LogP contribution in [0, 0.1) is 6.92 Å². The fourth-order valence-electron chi connectivity index (χ4n) is 2.89. The molecule has 7 heteroatoms. The number of likely N-dealkylation sites (N-methyl/N-ethyl adjacent to an activating group) is 1. The van der Waals surface area contributed by atoms with Crippen LogP contribution >= 0.6 is 11.3 Å². The Kier molecular flexibility index (Phi) is 5.65. The van der Waals surface area contributed by atoms with E-state index in [1.54, 1.807) is 11.3 Å². The Hall–Kier alpha value is -1.70. The van der Waals surface area contributed by atoms with E-state index in [1.165, 1.54) is 4.88 Å². The van der Waals surface area contributed by atoms with Crippen molar-refractivity contribution in [1.29, 1.82) is 0 Å². The number of aromatic nitrogens is 2. The lowest BCUT2D eigenvalue weighted by molar-refractivity contribution is 0.0933. The second-order valence-electron chi connectivity index (χ2n) is 6.11. The minimum absolute atomic E-state index is 0.113. The molecule has 1 aliphatic heterocycles. The van der Waals surface area contributed by atoms with Crippen molar-refractivity contribution in [2.75, 3.05) is 45.8 Å². The Morgan fingerprint density at radius 3 is 2.71 bits per heavy atom. The van der Waals surface area contributed by atoms with Gasteiger partial charge in [-0.1, -0.05) is 6.92 Å². The standard InChI is InChI=1S/C17H25N5OS/c1-3-21-8-10-22(11-9-21)7-6-18-17(23)15-12-14(19-20-15)16-5-4-13(2)24-16/h4-5,12H,3,6-11H2,1-2H3,(H,18,23)(H,19,20). The summed E-state index contributed by atoms with van der Waals surface area (Å²) in [5.74, 6) is -0.113. The average Bonchev–Trinajstić information content (AvgIpc) is 3.24. The first-order valence-corrected chi connectivity index (χ1v) is 9.32. The third kappa shape index (κ3) is 4.23. The van der Waals surface area contributed by atoms with Gasteiger partial charge in [-0.3, -0.25) is 14.8 Å². The van der Waals surface area contributed by atoms with E-state index < -0.39 is 0 Å². The molecule has 1 aliphatic rings. The SMILES string of the molecule is CCN1CCN(CCNC(=O)c2cc(-c3ccc(C)s3)[nH]n2)CC1. The summed E-state index contributed by atoms with van der Waals surface area (Å²) >= 11 is 1.69. The predicted octanol–water partition coefficient (Wildman–Crippen LogP) is 1.81. The monoisotopic (exact) mass is 347 g/mol. The van der Waals surface area contributed by atoms with E-state index >= 15 is 0 Å². The van der Waals surface area contributed by atoms with E-state index in [2.05, 4.69) is 45.2 Å². The van der Waals surface area contributed by atoms with Crippen molar-refractivity contribution in [3.63, 3.8) is 0 Å². The van der Waals surface area contributed by atoms with Crippen LogP contribution in [0.15, 0.2) is 18.2 Å². The number of rotatable bonds is 6. The van der Waals surface area contributed by atoms with Crippen molar-refractivity contribution < 1.29 is 4.79 Å². The number of carbonyl (C=O) groups is 1. The highest BCUT2D eigenvalue weighted by Gasteiger charge is 2.16. The second-order valence-corrected chi connectivity index (χ2v) is 7.40. The molecule has 0 atom stereocenters. The van der Waals surface area contributed by atoms with Crippen molar-refractivity contribution in [2.24, 2.45) is 0 Å². The van der Waals surface area contributed by atoms with E-state index in [9.17, 15) is 4.79 Å². The molecule has 1 amide bonds. The number of nitrogens with zero attached hydrogens (tertiary/aromatic N) is 3. The van der Waals surface area contributed by atoms with Crippen LogP contribution < -0.4 is 5.32 Å². The first-order chi connectivity index (χ1) is 11.7. The molecule has 0 aromatic carbocycles. The number of piperazine rings is 1. The molecule has 0 radical (unpaired) electrons. The molecule has 3 heterocycles. The maximum absolute atomic E-state index is 12.2. The van der Waals surface area contributed by atoms with Gasteiger partial charge in [0.05, 0.1) is 10.6 Å². The summed E-state index contributed by atoms with van der Waals surface area (Å²) in [6.45, 7) is 11.3. The van der Waals surface area contributed by atoms with Crippen LogP contribution in [0.2, 0.25) is 0 Å². The number of aryl methyl sites for hydroxylation is 1. The molecule has 0 spiro atoms. The molecule has 3 rings (SSSR count). The van der Waals surface area contributed by atoms with Gasteiger partial charge in [-0.25, -0.2) is 0 Å². The van der Waals surface area contributed by atoms with E-state index in [1.807, 2.05) is 12.1 Å². The number of H-pyrrole nitrogens is 1. The Labute approximate surface area is 146 Å². The maximum atomic E-state index is 12.2. The van der Waals surface area contributed by atoms with Gasteiger partial charge < -0.3 is 10.2 Å². The van der Waals surface area contributed by atoms with Crippen LogP contribution in [0.3, 0.4) is 0 Å². The largest absolute Gasteiger partial charge is 0.349 e. The molecular formula is C17H25N5OS. The molecule has 0 aliphatic carbocycles. The van der Waals surface area contributed by atoms with Crippen LogP contribution in [-0.4, -0.2) is 71.7 Å². The summed E-state index contributed by atoms with van der Waals surface area (Å²) < 4.78 is 0. The first kappa shape index (κ1) is 17.1. The minimum Gasteiger partial charge on any atom is -0.349 e. The molecule has 0 bridgehead atoms. The number of thiophene rings is 1. The Bertz CT molecular complexity index is 672. The van der Waals surface area contributed by atoms with Gasteiger partial charge in [-0.2, -0.15) is 5.10 Å². The molecule has 1 saturated heterocycles. The first-order valence-electron chi connectivity index (χ1n) is 8.51. The number of aromatic amines is 1. The normalized spacial score (nSPS) is 16.4. The third-order valence-electron chi connectivity index (χ3n) is 4.44. The zero-order chi connectivity index (χ0) is 16.9. The molecule has 0 unspecified atom stereocenters. The van der Waals surface area contributed by atoms with Crippen LogP contribution in [0.1, 0.15) is 22.3 Å². The molecule has 2 aromatic rings. The minimum atomic E-state index is -0.113. The Morgan fingerprint density at radius 2 is 2.04 bits per heavy atom. The predicted molar refractivity (Wildman–Crippen MR) is 97.5 cm³/mol. The van der Waals surface area contributed by atoms with E-state index in [0.717, 1.165) is 49.8 Å². The smallest absolute Gasteiger partial charge is 0.271 e. The summed E-state index contributed by atoms with van der Waals surface area (Å²) in [5, 5.41) is 10.1. The molecule has 2 N–H and O–H groups in total. The zero-order valence-electron chi connectivity index (χ0n) is 14.3. The molecular weight excluding hydrogens is 322 g/mol. The van der Waals surface area contributed by atoms with Gasteiger partial charge in [-0.05, 0) is 31.7 Å². The van der Waals surface area contributed by atoms with E-state index in [-0.39, 0.29) is 5.91 Å². The number of hydrogen-bond acceptors (Lipinski definition) is 5. The van der Waals surface area contributed by atoms with Crippen molar-refractivity contribution in [1.82, 2.24) is 25.3 Å². The maximum Gasteiger partial charge on any atom is 0.271 e. The van der Waals surface area contributed by atoms with Gasteiger partial charge in [0.25, 0.3) is 5.91 Å². The second kappa shape index (κ2) is 7.92. The summed E-state index contributed by atoms with van der Waals surface area (Å²) in [6, 6.07) is 5.94. The number of amides is 1. The van der Waals surface area contributed by atoms with Crippen molar-refractivity contribution in [3.8, 4) is 10.6 Å². The Balaban J connectivity index is 1.45. The Morgan fingerprint density at radius 1 is 1.29 bits per heavy atom. The molecule has 24 heavy (non-hydrogen) atoms. The molecule has 0 saturated carbocycles. The average molecular weight is 347 g/mol. The molecule has 2 aromatic heterocycles. The quantitative estimate of drug-likeness (QED) is 0.837. The molecule has 6 nitrogen and oxygen atoms in total. The van der Waals surface area contributed by atoms with Crippen molar-refractivity contribution in [3.05, 3.63) is 28.8 Å². The highest BCUT2D eigenvalue weighted by atomic mass is 32.1. The lowest BCUT2D eigenvalue weighted by atomic mass is 10.3. The summed E-state index contributed by atoms with van der Waals surface area (Å²) in [6.07, 6.45) is 0. The number of carbonyl (C=O) groups excluding carboxylic acids is 1. The number of hydrogen-bond donors (Lipinski definition) is 2. The zero-order valence-corrected chi connectivity index (χ0v) is 15.2. The van der Waals surface area contributed by atoms with Gasteiger partial charge >= 0.3 is 0 Å². The van der Waals surface area contributed by atoms with Crippen LogP contribution in [-0.2, 0) is 0 Å². The summed E-state index contributed by atoms with van der Waals surface area (Å²) in [7, 11) is 0. The van der Waals surface area contributed by atoms with Gasteiger partial charge in [0, 0.05) is 44.1 Å². The van der Waals surface area contributed by atoms with Crippen LogP contribution in [0.4, 0.5) is 0 Å². The van der Waals surface area contributed by atoms with Crippen molar-refractivity contribution >= 4 is 17.2 Å². The van der Waals surface area contributed by atoms with Crippen LogP contribution in [0.5, 0.6) is 0 Å². The van der Waals surface area contributed by atoms with Gasteiger partial charge in [0.15, 0.2) is 5.69 Å². The van der Waals surface area contributed by atoms with Gasteiger partial charge in [-0.15, -0.1) is 11.3 Å². The summed E-state index contributed by atoms with van der Waals surface area (Å²) in [5.41, 5.74) is 1.35. The van der Waals surface area contributed by atoms with Crippen molar-refractivity contribution in [2.45, 2.75) is 13.8 Å². The van der Waals surface area contributed by atoms with Crippen LogP contribution in [0.25, 0.3) is 10.6 Å². The van der Waals surface area contributed by atoms with E-state index in [4.69, 9.17) is 0 Å². The van der Waals surface area contributed by atoms with E-state index in [0.29, 0.717) is 12.2 Å². The lowest BCUT2D eigenvalue weighted by Gasteiger charge is -2.33. The lowest BCUT2D eigenvalue weighted by Crippen LogP contribution is -2.48. The fourth-order valence-corrected chi connectivity index (χ4v) is 3.72. The van der Waals surface area contributed by atoms with Gasteiger partial charge in [0.1, 0.15) is 0 Å². The summed E-state index contributed by atoms with van der Waals surface area (Å²) in [4.78, 5) is 19.4. The highest BCUT2D eigenvalue weighted by molar-refractivity contribution is 7.15. The third-order valence-corrected chi connectivity index (χ3v) is 5.48. The highest BCUT2D eigenvalue weighted by Crippen LogP contribution is 2.26. The molecule has 130 valence electrons. The van der Waals surface area contributed by atoms with Gasteiger partial charge in [0.2, 0.25) is 0 Å². The fraction of sp³-hybridized carbons (Fsp3) is 0.529. The number of nitrogens with one attached hydrogen (secondary N) is 2. The molecule has 1 fully saturated rings. The topological polar surface area (TPSA) is 64.3 Å².